The van der Waals surface area contributed by atoms with Gasteiger partial charge in [0, 0.05) is 10.6 Å². The van der Waals surface area contributed by atoms with Gasteiger partial charge in [0.05, 0.1) is 19.9 Å². The number of thiophene rings is 1. The number of hydrogen-bond donors (Lipinski definition) is 2. The fourth-order valence-electron chi connectivity index (χ4n) is 1.61. The van der Waals surface area contributed by atoms with Crippen molar-refractivity contribution in [3.05, 3.63) is 46.2 Å². The molecule has 0 saturated heterocycles. The monoisotopic (exact) mass is 303 g/mol. The van der Waals surface area contributed by atoms with Gasteiger partial charge >= 0.3 is 0 Å². The van der Waals surface area contributed by atoms with Crippen molar-refractivity contribution in [1.29, 1.82) is 0 Å². The SMILES string of the molecule is COc1ccc(NCC(=O)N/N=C/c2sccc2C)cc1. The summed E-state index contributed by atoms with van der Waals surface area (Å²) < 4.78 is 5.07. The van der Waals surface area contributed by atoms with Crippen LogP contribution in [0.15, 0.2) is 40.8 Å². The molecule has 1 amide bonds. The lowest BCUT2D eigenvalue weighted by atomic mass is 10.3. The van der Waals surface area contributed by atoms with Crippen LogP contribution in [0, 0.1) is 6.92 Å². The van der Waals surface area contributed by atoms with Crippen molar-refractivity contribution in [1.82, 2.24) is 5.43 Å². The third-order valence-electron chi connectivity index (χ3n) is 2.82. The van der Waals surface area contributed by atoms with Crippen molar-refractivity contribution in [2.75, 3.05) is 19.0 Å². The number of aryl methyl sites for hydroxylation is 1. The van der Waals surface area contributed by atoms with Crippen molar-refractivity contribution in [2.24, 2.45) is 5.10 Å². The maximum Gasteiger partial charge on any atom is 0.259 e. The van der Waals surface area contributed by atoms with Gasteiger partial charge in [-0.25, -0.2) is 5.43 Å². The quantitative estimate of drug-likeness (QED) is 0.637. The van der Waals surface area contributed by atoms with Gasteiger partial charge in [0.15, 0.2) is 0 Å². The van der Waals surface area contributed by atoms with E-state index < -0.39 is 0 Å². The lowest BCUT2D eigenvalue weighted by molar-refractivity contribution is -0.119. The molecular weight excluding hydrogens is 286 g/mol. The van der Waals surface area contributed by atoms with E-state index in [1.807, 2.05) is 42.6 Å². The first-order valence-corrected chi connectivity index (χ1v) is 7.31. The van der Waals surface area contributed by atoms with Crippen molar-refractivity contribution < 1.29 is 9.53 Å². The topological polar surface area (TPSA) is 62.7 Å². The van der Waals surface area contributed by atoms with Crippen molar-refractivity contribution in [2.45, 2.75) is 6.92 Å². The predicted molar refractivity (Wildman–Crippen MR) is 86.3 cm³/mol. The van der Waals surface area contributed by atoms with Gasteiger partial charge in [-0.1, -0.05) is 0 Å². The molecule has 0 fully saturated rings. The summed E-state index contributed by atoms with van der Waals surface area (Å²) in [5.74, 6) is 0.581. The van der Waals surface area contributed by atoms with E-state index >= 15 is 0 Å². The Morgan fingerprint density at radius 3 is 2.71 bits per heavy atom. The highest BCUT2D eigenvalue weighted by atomic mass is 32.1. The van der Waals surface area contributed by atoms with Crippen LogP contribution in [0.4, 0.5) is 5.69 Å². The van der Waals surface area contributed by atoms with Crippen LogP contribution in [0.25, 0.3) is 0 Å². The summed E-state index contributed by atoms with van der Waals surface area (Å²) in [5, 5.41) is 8.94. The number of nitrogens with zero attached hydrogens (tertiary/aromatic N) is 1. The van der Waals surface area contributed by atoms with E-state index in [4.69, 9.17) is 4.74 Å². The number of ether oxygens (including phenoxy) is 1. The Labute approximate surface area is 127 Å². The molecule has 0 aliphatic carbocycles. The van der Waals surface area contributed by atoms with Crippen LogP contribution in [0.3, 0.4) is 0 Å². The second-order valence-electron chi connectivity index (χ2n) is 4.34. The highest BCUT2D eigenvalue weighted by Crippen LogP contribution is 2.14. The number of methoxy groups -OCH3 is 1. The zero-order chi connectivity index (χ0) is 15.1. The van der Waals surface area contributed by atoms with E-state index in [0.29, 0.717) is 0 Å². The number of carbonyl (C=O) groups is 1. The Morgan fingerprint density at radius 1 is 1.33 bits per heavy atom. The fraction of sp³-hybridized carbons (Fsp3) is 0.200. The zero-order valence-corrected chi connectivity index (χ0v) is 12.7. The van der Waals surface area contributed by atoms with E-state index in [9.17, 15) is 4.79 Å². The summed E-state index contributed by atoms with van der Waals surface area (Å²) >= 11 is 1.59. The van der Waals surface area contributed by atoms with Crippen LogP contribution >= 0.6 is 11.3 Å². The Morgan fingerprint density at radius 2 is 2.10 bits per heavy atom. The summed E-state index contributed by atoms with van der Waals surface area (Å²) in [6, 6.07) is 9.38. The molecule has 0 unspecified atom stereocenters. The first kappa shape index (κ1) is 15.1. The van der Waals surface area contributed by atoms with Gasteiger partial charge in [-0.15, -0.1) is 11.3 Å². The standard InChI is InChI=1S/C15H17N3O2S/c1-11-7-8-21-14(11)9-17-18-15(19)10-16-12-3-5-13(20-2)6-4-12/h3-9,16H,10H2,1-2H3,(H,18,19)/b17-9+. The molecule has 0 saturated carbocycles. The third kappa shape index (κ3) is 4.61. The van der Waals surface area contributed by atoms with E-state index in [2.05, 4.69) is 15.8 Å². The first-order chi connectivity index (χ1) is 10.2. The maximum atomic E-state index is 11.6. The molecule has 0 bridgehead atoms. The van der Waals surface area contributed by atoms with Crippen molar-refractivity contribution in [3.63, 3.8) is 0 Å². The molecule has 0 aliphatic heterocycles. The molecule has 110 valence electrons. The summed E-state index contributed by atoms with van der Waals surface area (Å²) in [6.07, 6.45) is 1.66. The summed E-state index contributed by atoms with van der Waals surface area (Å²) in [5.41, 5.74) is 4.49. The molecular formula is C15H17N3O2S. The molecule has 0 spiro atoms. The highest BCUT2D eigenvalue weighted by Gasteiger charge is 2.00. The lowest BCUT2D eigenvalue weighted by Gasteiger charge is -2.06. The average Bonchev–Trinajstić information content (AvgIpc) is 2.91. The van der Waals surface area contributed by atoms with E-state index in [0.717, 1.165) is 21.9 Å². The van der Waals surface area contributed by atoms with Gasteiger partial charge in [0.1, 0.15) is 5.75 Å². The largest absolute Gasteiger partial charge is 0.497 e. The smallest absolute Gasteiger partial charge is 0.259 e. The third-order valence-corrected chi connectivity index (χ3v) is 3.77. The molecule has 1 heterocycles. The number of hydrogen-bond acceptors (Lipinski definition) is 5. The summed E-state index contributed by atoms with van der Waals surface area (Å²) in [6.45, 7) is 2.16. The lowest BCUT2D eigenvalue weighted by Crippen LogP contribution is -2.25. The number of benzene rings is 1. The minimum atomic E-state index is -0.198. The van der Waals surface area contributed by atoms with Crippen LogP contribution in [-0.4, -0.2) is 25.8 Å². The normalized spacial score (nSPS) is 10.6. The van der Waals surface area contributed by atoms with E-state index in [-0.39, 0.29) is 12.5 Å². The number of nitrogens with one attached hydrogen (secondary N) is 2. The second kappa shape index (κ2) is 7.44. The summed E-state index contributed by atoms with van der Waals surface area (Å²) in [4.78, 5) is 12.7. The molecule has 21 heavy (non-hydrogen) atoms. The number of anilines is 1. The van der Waals surface area contributed by atoms with E-state index in [1.54, 1.807) is 24.7 Å². The van der Waals surface area contributed by atoms with E-state index in [1.165, 1.54) is 0 Å². The Bertz CT molecular complexity index is 620. The number of hydrazone groups is 1. The minimum Gasteiger partial charge on any atom is -0.497 e. The van der Waals surface area contributed by atoms with Gasteiger partial charge in [-0.05, 0) is 48.2 Å². The molecule has 1 aromatic heterocycles. The number of carbonyl (C=O) groups excluding carboxylic acids is 1. The van der Waals surface area contributed by atoms with Crippen LogP contribution in [-0.2, 0) is 4.79 Å². The molecule has 0 radical (unpaired) electrons. The number of rotatable bonds is 6. The van der Waals surface area contributed by atoms with Crippen molar-refractivity contribution in [3.8, 4) is 5.75 Å². The Kier molecular flexibility index (Phi) is 5.34. The predicted octanol–water partition coefficient (Wildman–Crippen LogP) is 2.63. The van der Waals surface area contributed by atoms with Crippen molar-refractivity contribution >= 4 is 29.1 Å². The molecule has 6 heteroatoms. The molecule has 2 rings (SSSR count). The number of amides is 1. The fourth-order valence-corrected chi connectivity index (χ4v) is 2.40. The van der Waals surface area contributed by atoms with Crippen LogP contribution in [0.1, 0.15) is 10.4 Å². The van der Waals surface area contributed by atoms with Crippen LogP contribution < -0.4 is 15.5 Å². The first-order valence-electron chi connectivity index (χ1n) is 6.43. The maximum absolute atomic E-state index is 11.6. The van der Waals surface area contributed by atoms with Gasteiger partial charge in [0.2, 0.25) is 0 Å². The van der Waals surface area contributed by atoms with Crippen LogP contribution in [0.2, 0.25) is 0 Å². The molecule has 0 aliphatic rings. The van der Waals surface area contributed by atoms with Gasteiger partial charge in [-0.3, -0.25) is 4.79 Å². The molecule has 2 N–H and O–H groups in total. The Hall–Kier alpha value is -2.34. The minimum absolute atomic E-state index is 0.160. The Balaban J connectivity index is 1.76. The highest BCUT2D eigenvalue weighted by molar-refractivity contribution is 7.11. The summed E-state index contributed by atoms with van der Waals surface area (Å²) in [7, 11) is 1.61. The molecule has 0 atom stereocenters. The van der Waals surface area contributed by atoms with Gasteiger partial charge < -0.3 is 10.1 Å². The zero-order valence-electron chi connectivity index (χ0n) is 11.9. The molecule has 1 aromatic carbocycles. The molecule has 5 nitrogen and oxygen atoms in total. The van der Waals surface area contributed by atoms with Gasteiger partial charge in [0.25, 0.3) is 5.91 Å². The van der Waals surface area contributed by atoms with Gasteiger partial charge in [-0.2, -0.15) is 5.10 Å². The molecule has 2 aromatic rings. The second-order valence-corrected chi connectivity index (χ2v) is 5.29. The van der Waals surface area contributed by atoms with Crippen LogP contribution in [0.5, 0.6) is 5.75 Å². The average molecular weight is 303 g/mol.